The second kappa shape index (κ2) is 7.47. The van der Waals surface area contributed by atoms with Gasteiger partial charge in [-0.15, -0.1) is 0 Å². The minimum absolute atomic E-state index is 0.108. The number of carbonyl (C=O) groups excluding carboxylic acids is 1. The Morgan fingerprint density at radius 2 is 1.75 bits per heavy atom. The fourth-order valence-corrected chi connectivity index (χ4v) is 3.12. The van der Waals surface area contributed by atoms with E-state index >= 15 is 0 Å². The van der Waals surface area contributed by atoms with Gasteiger partial charge < -0.3 is 10.6 Å². The molecule has 2 N–H and O–H groups in total. The Labute approximate surface area is 143 Å². The van der Waals surface area contributed by atoms with Gasteiger partial charge in [0.1, 0.15) is 5.82 Å². The Morgan fingerprint density at radius 1 is 1.00 bits per heavy atom. The highest BCUT2D eigenvalue weighted by Gasteiger charge is 2.21. The standard InChI is InChI=1S/C20H25N3O/c1-14-8-9-17(12-15(14)2)22-18-10-11-19(21-13-18)23-20(24)16-6-4-3-5-7-16/h8-13,16,22H,3-7H2,1-2H3,(H,21,23,24). The first-order chi connectivity index (χ1) is 11.6. The molecule has 3 rings (SSSR count). The quantitative estimate of drug-likeness (QED) is 0.836. The summed E-state index contributed by atoms with van der Waals surface area (Å²) in [5.41, 5.74) is 4.48. The highest BCUT2D eigenvalue weighted by Crippen LogP contribution is 2.25. The number of hydrogen-bond acceptors (Lipinski definition) is 3. The molecular formula is C20H25N3O. The average molecular weight is 323 g/mol. The van der Waals surface area contributed by atoms with Gasteiger partial charge in [0.05, 0.1) is 11.9 Å². The lowest BCUT2D eigenvalue weighted by atomic mass is 9.89. The van der Waals surface area contributed by atoms with Crippen LogP contribution >= 0.6 is 0 Å². The number of carbonyl (C=O) groups is 1. The molecule has 4 heteroatoms. The van der Waals surface area contributed by atoms with Gasteiger partial charge in [-0.05, 0) is 62.1 Å². The van der Waals surface area contributed by atoms with Crippen molar-refractivity contribution in [1.29, 1.82) is 0 Å². The molecule has 0 unspecified atom stereocenters. The Bertz CT molecular complexity index is 703. The van der Waals surface area contributed by atoms with E-state index in [4.69, 9.17) is 0 Å². The summed E-state index contributed by atoms with van der Waals surface area (Å²) < 4.78 is 0. The van der Waals surface area contributed by atoms with Crippen molar-refractivity contribution >= 4 is 23.1 Å². The van der Waals surface area contributed by atoms with Gasteiger partial charge in [-0.25, -0.2) is 4.98 Å². The average Bonchev–Trinajstić information content (AvgIpc) is 2.61. The molecule has 0 bridgehead atoms. The van der Waals surface area contributed by atoms with E-state index in [2.05, 4.69) is 47.7 Å². The van der Waals surface area contributed by atoms with Gasteiger partial charge in [-0.3, -0.25) is 4.79 Å². The van der Waals surface area contributed by atoms with Crippen molar-refractivity contribution in [2.24, 2.45) is 5.92 Å². The number of aryl methyl sites for hydroxylation is 2. The number of hydrogen-bond donors (Lipinski definition) is 2. The number of anilines is 3. The van der Waals surface area contributed by atoms with Gasteiger partial charge in [-0.2, -0.15) is 0 Å². The van der Waals surface area contributed by atoms with Gasteiger partial charge >= 0.3 is 0 Å². The van der Waals surface area contributed by atoms with Crippen molar-refractivity contribution < 1.29 is 4.79 Å². The SMILES string of the molecule is Cc1ccc(Nc2ccc(NC(=O)C3CCCCC3)nc2)cc1C. The van der Waals surface area contributed by atoms with Gasteiger partial charge in [0.25, 0.3) is 0 Å². The van der Waals surface area contributed by atoms with Crippen molar-refractivity contribution in [2.45, 2.75) is 46.0 Å². The summed E-state index contributed by atoms with van der Waals surface area (Å²) in [7, 11) is 0. The molecule has 1 aromatic carbocycles. The van der Waals surface area contributed by atoms with Crippen LogP contribution in [-0.2, 0) is 4.79 Å². The van der Waals surface area contributed by atoms with Crippen molar-refractivity contribution in [3.8, 4) is 0 Å². The Kier molecular flexibility index (Phi) is 5.14. The van der Waals surface area contributed by atoms with Crippen LogP contribution in [0.2, 0.25) is 0 Å². The fourth-order valence-electron chi connectivity index (χ4n) is 3.12. The van der Waals surface area contributed by atoms with Crippen molar-refractivity contribution in [3.05, 3.63) is 47.7 Å². The maximum atomic E-state index is 12.2. The van der Waals surface area contributed by atoms with E-state index in [1.54, 1.807) is 6.20 Å². The minimum atomic E-state index is 0.108. The molecule has 2 aromatic rings. The topological polar surface area (TPSA) is 54.0 Å². The van der Waals surface area contributed by atoms with Gasteiger partial charge in [0.2, 0.25) is 5.91 Å². The number of rotatable bonds is 4. The first kappa shape index (κ1) is 16.5. The summed E-state index contributed by atoms with van der Waals surface area (Å²) in [5.74, 6) is 0.877. The monoisotopic (exact) mass is 323 g/mol. The maximum absolute atomic E-state index is 12.2. The van der Waals surface area contributed by atoms with E-state index in [-0.39, 0.29) is 11.8 Å². The van der Waals surface area contributed by atoms with Crippen LogP contribution in [0.15, 0.2) is 36.5 Å². The van der Waals surface area contributed by atoms with Crippen LogP contribution in [0.4, 0.5) is 17.2 Å². The molecule has 4 nitrogen and oxygen atoms in total. The molecule has 0 saturated heterocycles. The first-order valence-electron chi connectivity index (χ1n) is 8.73. The molecule has 0 atom stereocenters. The highest BCUT2D eigenvalue weighted by atomic mass is 16.1. The number of nitrogens with zero attached hydrogens (tertiary/aromatic N) is 1. The molecule has 1 saturated carbocycles. The maximum Gasteiger partial charge on any atom is 0.228 e. The summed E-state index contributed by atoms with van der Waals surface area (Å²) in [6, 6.07) is 10.1. The normalized spacial score (nSPS) is 15.1. The largest absolute Gasteiger partial charge is 0.354 e. The van der Waals surface area contributed by atoms with Gasteiger partial charge in [-0.1, -0.05) is 25.3 Å². The predicted octanol–water partition coefficient (Wildman–Crippen LogP) is 4.96. The van der Waals surface area contributed by atoms with Crippen molar-refractivity contribution in [2.75, 3.05) is 10.6 Å². The van der Waals surface area contributed by atoms with Crippen LogP contribution in [-0.4, -0.2) is 10.9 Å². The zero-order valence-electron chi connectivity index (χ0n) is 14.4. The molecule has 1 aliphatic rings. The molecular weight excluding hydrogens is 298 g/mol. The number of aromatic nitrogens is 1. The summed E-state index contributed by atoms with van der Waals surface area (Å²) >= 11 is 0. The number of amides is 1. The third kappa shape index (κ3) is 4.13. The van der Waals surface area contributed by atoms with Crippen LogP contribution in [0.5, 0.6) is 0 Å². The fraction of sp³-hybridized carbons (Fsp3) is 0.400. The molecule has 24 heavy (non-hydrogen) atoms. The third-order valence-electron chi connectivity index (χ3n) is 4.79. The second-order valence-electron chi connectivity index (χ2n) is 6.68. The lowest BCUT2D eigenvalue weighted by molar-refractivity contribution is -0.120. The summed E-state index contributed by atoms with van der Waals surface area (Å²) in [4.78, 5) is 16.6. The highest BCUT2D eigenvalue weighted by molar-refractivity contribution is 5.91. The smallest absolute Gasteiger partial charge is 0.228 e. The van der Waals surface area contributed by atoms with Crippen molar-refractivity contribution in [1.82, 2.24) is 4.98 Å². The summed E-state index contributed by atoms with van der Waals surface area (Å²) in [6.07, 6.45) is 7.32. The Hall–Kier alpha value is -2.36. The molecule has 1 heterocycles. The number of nitrogens with one attached hydrogen (secondary N) is 2. The second-order valence-corrected chi connectivity index (χ2v) is 6.68. The number of pyridine rings is 1. The lowest BCUT2D eigenvalue weighted by Crippen LogP contribution is -2.25. The summed E-state index contributed by atoms with van der Waals surface area (Å²) in [6.45, 7) is 4.20. The zero-order chi connectivity index (χ0) is 16.9. The summed E-state index contributed by atoms with van der Waals surface area (Å²) in [5, 5.41) is 6.28. The van der Waals surface area contributed by atoms with Crippen LogP contribution in [0, 0.1) is 19.8 Å². The molecule has 126 valence electrons. The van der Waals surface area contributed by atoms with Crippen LogP contribution < -0.4 is 10.6 Å². The number of benzene rings is 1. The van der Waals surface area contributed by atoms with E-state index < -0.39 is 0 Å². The van der Waals surface area contributed by atoms with E-state index in [0.29, 0.717) is 5.82 Å². The molecule has 1 aromatic heterocycles. The van der Waals surface area contributed by atoms with Crippen molar-refractivity contribution in [3.63, 3.8) is 0 Å². The first-order valence-corrected chi connectivity index (χ1v) is 8.73. The molecule has 1 amide bonds. The lowest BCUT2D eigenvalue weighted by Gasteiger charge is -2.20. The van der Waals surface area contributed by atoms with E-state index in [1.807, 2.05) is 12.1 Å². The Balaban J connectivity index is 1.60. The van der Waals surface area contributed by atoms with E-state index in [9.17, 15) is 4.79 Å². The molecule has 0 aliphatic heterocycles. The molecule has 1 fully saturated rings. The zero-order valence-corrected chi connectivity index (χ0v) is 14.4. The van der Waals surface area contributed by atoms with E-state index in [0.717, 1.165) is 37.1 Å². The molecule has 1 aliphatic carbocycles. The van der Waals surface area contributed by atoms with Crippen LogP contribution in [0.25, 0.3) is 0 Å². The van der Waals surface area contributed by atoms with Crippen LogP contribution in [0.1, 0.15) is 43.2 Å². The third-order valence-corrected chi connectivity index (χ3v) is 4.79. The molecule has 0 spiro atoms. The van der Waals surface area contributed by atoms with Crippen LogP contribution in [0.3, 0.4) is 0 Å². The van der Waals surface area contributed by atoms with Gasteiger partial charge in [0.15, 0.2) is 0 Å². The minimum Gasteiger partial charge on any atom is -0.354 e. The Morgan fingerprint density at radius 3 is 2.42 bits per heavy atom. The predicted molar refractivity (Wildman–Crippen MR) is 98.6 cm³/mol. The molecule has 0 radical (unpaired) electrons. The van der Waals surface area contributed by atoms with Gasteiger partial charge in [0, 0.05) is 11.6 Å². The van der Waals surface area contributed by atoms with E-state index in [1.165, 1.54) is 17.5 Å².